The van der Waals surface area contributed by atoms with Crippen LogP contribution in [0.4, 0.5) is 4.79 Å². The van der Waals surface area contributed by atoms with Gasteiger partial charge in [-0.2, -0.15) is 12.7 Å². The fourth-order valence-electron chi connectivity index (χ4n) is 1.41. The van der Waals surface area contributed by atoms with E-state index in [4.69, 9.17) is 0 Å². The molecule has 0 unspecified atom stereocenters. The smallest absolute Gasteiger partial charge is 0.348 e. The van der Waals surface area contributed by atoms with E-state index in [0.29, 0.717) is 0 Å². The van der Waals surface area contributed by atoms with Gasteiger partial charge in [-0.1, -0.05) is 0 Å². The molecular formula is C8H16N4O3S. The second kappa shape index (κ2) is 3.93. The summed E-state index contributed by atoms with van der Waals surface area (Å²) in [5.74, 6) is 0.113. The van der Waals surface area contributed by atoms with Crippen LogP contribution in [0.25, 0.3) is 0 Å². The molecule has 2 amide bonds. The zero-order valence-corrected chi connectivity index (χ0v) is 10.8. The summed E-state index contributed by atoms with van der Waals surface area (Å²) in [6, 6.07) is -1.04. The number of urea groups is 1. The predicted molar refractivity (Wildman–Crippen MR) is 60.2 cm³/mol. The van der Waals surface area contributed by atoms with Crippen LogP contribution in [0.1, 0.15) is 13.8 Å². The highest BCUT2D eigenvalue weighted by molar-refractivity contribution is 7.88. The maximum absolute atomic E-state index is 11.9. The highest BCUT2D eigenvalue weighted by atomic mass is 32.2. The largest absolute Gasteiger partial charge is 0.351 e. The Morgan fingerprint density at radius 3 is 2.19 bits per heavy atom. The number of carbonyl (C=O) groups excluding carboxylic acids is 1. The zero-order valence-electron chi connectivity index (χ0n) is 10.00. The van der Waals surface area contributed by atoms with Gasteiger partial charge in [-0.15, -0.1) is 4.40 Å². The van der Waals surface area contributed by atoms with Crippen LogP contribution in [-0.2, 0) is 10.2 Å². The molecule has 16 heavy (non-hydrogen) atoms. The second-order valence-electron chi connectivity index (χ2n) is 3.99. The Hall–Kier alpha value is -1.31. The van der Waals surface area contributed by atoms with Crippen molar-refractivity contribution in [2.75, 3.05) is 21.1 Å². The fourth-order valence-corrected chi connectivity index (χ4v) is 2.84. The van der Waals surface area contributed by atoms with E-state index in [1.807, 2.05) is 0 Å². The van der Waals surface area contributed by atoms with Crippen LogP contribution in [-0.4, -0.2) is 61.7 Å². The van der Waals surface area contributed by atoms with E-state index in [0.717, 1.165) is 4.31 Å². The Kier molecular flexibility index (Phi) is 3.13. The molecule has 0 aromatic carbocycles. The van der Waals surface area contributed by atoms with Crippen molar-refractivity contribution in [2.24, 2.45) is 4.40 Å². The molecule has 0 saturated heterocycles. The van der Waals surface area contributed by atoms with Crippen molar-refractivity contribution in [1.29, 1.82) is 0 Å². The molecule has 1 aliphatic rings. The van der Waals surface area contributed by atoms with E-state index in [2.05, 4.69) is 4.40 Å². The zero-order chi connectivity index (χ0) is 12.7. The summed E-state index contributed by atoms with van der Waals surface area (Å²) in [6.07, 6.45) is 0. The van der Waals surface area contributed by atoms with Gasteiger partial charge in [0.05, 0.1) is 0 Å². The van der Waals surface area contributed by atoms with E-state index in [9.17, 15) is 13.2 Å². The molecule has 1 aliphatic heterocycles. The molecule has 0 aromatic heterocycles. The maximum atomic E-state index is 11.9. The van der Waals surface area contributed by atoms with Gasteiger partial charge in [0.2, 0.25) is 5.96 Å². The number of amides is 2. The third-order valence-electron chi connectivity index (χ3n) is 2.09. The van der Waals surface area contributed by atoms with E-state index in [1.54, 1.807) is 27.9 Å². The number of nitrogens with zero attached hydrogens (tertiary/aromatic N) is 4. The summed E-state index contributed by atoms with van der Waals surface area (Å²) in [5.41, 5.74) is 0. The number of carbonyl (C=O) groups is 1. The van der Waals surface area contributed by atoms with Crippen LogP contribution in [0.5, 0.6) is 0 Å². The Morgan fingerprint density at radius 2 is 1.81 bits per heavy atom. The normalized spacial score (nSPS) is 20.1. The lowest BCUT2D eigenvalue weighted by atomic mass is 10.4. The van der Waals surface area contributed by atoms with Crippen LogP contribution in [0, 0.1) is 0 Å². The van der Waals surface area contributed by atoms with E-state index in [1.165, 1.54) is 16.8 Å². The summed E-state index contributed by atoms with van der Waals surface area (Å²) >= 11 is 0. The van der Waals surface area contributed by atoms with Crippen molar-refractivity contribution in [2.45, 2.75) is 19.9 Å². The molecule has 0 aromatic rings. The second-order valence-corrected chi connectivity index (χ2v) is 5.47. The quantitative estimate of drug-likeness (QED) is 0.651. The van der Waals surface area contributed by atoms with Crippen molar-refractivity contribution in [3.63, 3.8) is 0 Å². The number of hydrogen-bond donors (Lipinski definition) is 0. The van der Waals surface area contributed by atoms with Crippen LogP contribution in [0.3, 0.4) is 0 Å². The van der Waals surface area contributed by atoms with Gasteiger partial charge in [0, 0.05) is 27.2 Å². The van der Waals surface area contributed by atoms with Crippen LogP contribution >= 0.6 is 0 Å². The average molecular weight is 248 g/mol. The van der Waals surface area contributed by atoms with Gasteiger partial charge in [-0.05, 0) is 13.8 Å². The Morgan fingerprint density at radius 1 is 1.31 bits per heavy atom. The minimum absolute atomic E-state index is 0.113. The third-order valence-corrected chi connectivity index (χ3v) is 3.56. The van der Waals surface area contributed by atoms with Gasteiger partial charge in [0.25, 0.3) is 0 Å². The molecule has 0 bridgehead atoms. The van der Waals surface area contributed by atoms with Crippen molar-refractivity contribution < 1.29 is 13.2 Å². The molecule has 1 heterocycles. The molecule has 1 rings (SSSR count). The first-order valence-electron chi connectivity index (χ1n) is 4.78. The van der Waals surface area contributed by atoms with Crippen molar-refractivity contribution in [3.05, 3.63) is 0 Å². The Bertz CT molecular complexity index is 427. The highest BCUT2D eigenvalue weighted by Gasteiger charge is 2.39. The summed E-state index contributed by atoms with van der Waals surface area (Å²) in [4.78, 5) is 14.6. The first-order chi connectivity index (χ1) is 7.18. The number of hydrogen-bond acceptors (Lipinski definition) is 4. The van der Waals surface area contributed by atoms with E-state index >= 15 is 0 Å². The standard InChI is InChI=1S/C8H16N4O3S/c1-6(2)12-8(13)11(5)7(10(3)4)9-16(12,14)15/h6H,1-5H3. The molecule has 0 spiro atoms. The molecule has 0 N–H and O–H groups in total. The summed E-state index contributed by atoms with van der Waals surface area (Å²) < 4.78 is 27.9. The van der Waals surface area contributed by atoms with Gasteiger partial charge < -0.3 is 4.90 Å². The van der Waals surface area contributed by atoms with Gasteiger partial charge in [-0.25, -0.2) is 4.79 Å². The average Bonchev–Trinajstić information content (AvgIpc) is 2.09. The van der Waals surface area contributed by atoms with Crippen molar-refractivity contribution >= 4 is 22.2 Å². The van der Waals surface area contributed by atoms with Gasteiger partial charge in [-0.3, -0.25) is 4.90 Å². The van der Waals surface area contributed by atoms with Crippen LogP contribution in [0.15, 0.2) is 4.40 Å². The first-order valence-corrected chi connectivity index (χ1v) is 6.17. The van der Waals surface area contributed by atoms with Gasteiger partial charge in [0.1, 0.15) is 0 Å². The third kappa shape index (κ3) is 1.97. The maximum Gasteiger partial charge on any atom is 0.351 e. The molecular weight excluding hydrogens is 232 g/mol. The van der Waals surface area contributed by atoms with Crippen LogP contribution < -0.4 is 0 Å². The van der Waals surface area contributed by atoms with E-state index in [-0.39, 0.29) is 5.96 Å². The van der Waals surface area contributed by atoms with Crippen LogP contribution in [0.2, 0.25) is 0 Å². The Balaban J connectivity index is 3.32. The van der Waals surface area contributed by atoms with Crippen molar-refractivity contribution in [1.82, 2.24) is 14.1 Å². The van der Waals surface area contributed by atoms with Gasteiger partial charge in [0.15, 0.2) is 0 Å². The lowest BCUT2D eigenvalue weighted by Crippen LogP contribution is -2.56. The molecule has 8 heteroatoms. The molecule has 0 radical (unpaired) electrons. The van der Waals surface area contributed by atoms with E-state index < -0.39 is 22.3 Å². The molecule has 92 valence electrons. The highest BCUT2D eigenvalue weighted by Crippen LogP contribution is 2.18. The molecule has 0 atom stereocenters. The summed E-state index contributed by atoms with van der Waals surface area (Å²) in [7, 11) is 0.837. The molecule has 0 aliphatic carbocycles. The topological polar surface area (TPSA) is 73.3 Å². The minimum atomic E-state index is -3.91. The number of rotatable bonds is 1. The molecule has 0 fully saturated rings. The fraction of sp³-hybridized carbons (Fsp3) is 0.750. The van der Waals surface area contributed by atoms with Gasteiger partial charge >= 0.3 is 16.2 Å². The minimum Gasteiger partial charge on any atom is -0.348 e. The molecule has 0 saturated carbocycles. The first kappa shape index (κ1) is 12.8. The lowest BCUT2D eigenvalue weighted by Gasteiger charge is -2.35. The molecule has 7 nitrogen and oxygen atoms in total. The Labute approximate surface area is 95.5 Å². The summed E-state index contributed by atoms with van der Waals surface area (Å²) in [5, 5.41) is 0. The lowest BCUT2D eigenvalue weighted by molar-refractivity contribution is 0.194. The number of guanidine groups is 1. The monoisotopic (exact) mass is 248 g/mol. The summed E-state index contributed by atoms with van der Waals surface area (Å²) in [6.45, 7) is 3.25. The predicted octanol–water partition coefficient (Wildman–Crippen LogP) is -0.0754. The van der Waals surface area contributed by atoms with Crippen molar-refractivity contribution in [3.8, 4) is 0 Å². The SMILES string of the molecule is CC(C)N1C(=O)N(C)C(N(C)C)=NS1(=O)=O.